The van der Waals surface area contributed by atoms with Crippen molar-refractivity contribution in [3.8, 4) is 23.0 Å². The summed E-state index contributed by atoms with van der Waals surface area (Å²) in [5, 5.41) is 15.4. The number of aliphatic hydroxyl groups is 1. The Kier molecular flexibility index (Phi) is 12.1. The topological polar surface area (TPSA) is 151 Å². The molecule has 0 radical (unpaired) electrons. The van der Waals surface area contributed by atoms with Gasteiger partial charge in [0.2, 0.25) is 5.95 Å². The van der Waals surface area contributed by atoms with Gasteiger partial charge < -0.3 is 38.8 Å². The van der Waals surface area contributed by atoms with Crippen LogP contribution in [0.1, 0.15) is 46.0 Å². The zero-order valence-electron chi connectivity index (χ0n) is 36.4. The molecule has 13 nitrogen and oxygen atoms in total. The number of hydrogen-bond acceptors (Lipinski definition) is 11. The molecule has 1 aliphatic heterocycles. The maximum atomic E-state index is 13.9. The van der Waals surface area contributed by atoms with Crippen LogP contribution in [-0.2, 0) is 20.6 Å². The van der Waals surface area contributed by atoms with Crippen LogP contribution in [0.3, 0.4) is 0 Å². The molecule has 8 aromatic rings. The fourth-order valence-corrected chi connectivity index (χ4v) is 8.78. The van der Waals surface area contributed by atoms with Gasteiger partial charge in [-0.2, -0.15) is 4.98 Å². The van der Waals surface area contributed by atoms with Crippen LogP contribution in [-0.4, -0.2) is 71.9 Å². The van der Waals surface area contributed by atoms with Crippen LogP contribution in [0.2, 0.25) is 0 Å². The minimum atomic E-state index is -1.13. The lowest BCUT2D eigenvalue weighted by Crippen LogP contribution is -2.39. The van der Waals surface area contributed by atoms with Crippen LogP contribution in [0.25, 0.3) is 11.2 Å². The molecule has 0 unspecified atom stereocenters. The van der Waals surface area contributed by atoms with Crippen molar-refractivity contribution in [1.29, 1.82) is 0 Å². The first kappa shape index (κ1) is 42.8. The van der Waals surface area contributed by atoms with Crippen LogP contribution in [0.4, 0.5) is 5.95 Å². The lowest BCUT2D eigenvalue weighted by Gasteiger charge is -2.37. The van der Waals surface area contributed by atoms with Gasteiger partial charge in [-0.1, -0.05) is 109 Å². The molecule has 3 heterocycles. The molecular formula is C52H49N5O8. The number of aromatic nitrogens is 4. The summed E-state index contributed by atoms with van der Waals surface area (Å²) in [6.07, 6.45) is -0.731. The molecule has 1 saturated heterocycles. The second-order valence-corrected chi connectivity index (χ2v) is 15.7. The molecule has 13 heteroatoms. The number of imidazole rings is 1. The lowest BCUT2D eigenvalue weighted by atomic mass is 9.77. The molecule has 3 N–H and O–H groups in total. The Labute approximate surface area is 376 Å². The first-order valence-electron chi connectivity index (χ1n) is 21.2. The Bertz CT molecular complexity index is 2790. The average molecular weight is 872 g/mol. The minimum absolute atomic E-state index is 0.00137. The number of methoxy groups -OCH3 is 4. The zero-order valence-corrected chi connectivity index (χ0v) is 36.4. The molecule has 3 atom stereocenters. The fraction of sp³-hybridized carbons (Fsp3) is 0.212. The van der Waals surface area contributed by atoms with Crippen LogP contribution in [0.5, 0.6) is 23.0 Å². The molecule has 1 aliphatic rings. The van der Waals surface area contributed by atoms with Crippen molar-refractivity contribution in [3.63, 3.8) is 0 Å². The normalized spacial score (nSPS) is 16.3. The molecule has 0 bridgehead atoms. The van der Waals surface area contributed by atoms with Gasteiger partial charge in [-0.15, -0.1) is 0 Å². The molecule has 9 rings (SSSR count). The van der Waals surface area contributed by atoms with E-state index in [0.717, 1.165) is 33.4 Å². The van der Waals surface area contributed by atoms with E-state index in [1.807, 2.05) is 158 Å². The van der Waals surface area contributed by atoms with Crippen molar-refractivity contribution >= 4 is 17.1 Å². The summed E-state index contributed by atoms with van der Waals surface area (Å²) in [4.78, 5) is 26.4. The molecule has 330 valence electrons. The summed E-state index contributed by atoms with van der Waals surface area (Å²) in [6.45, 7) is 0.00137. The predicted molar refractivity (Wildman–Crippen MR) is 247 cm³/mol. The van der Waals surface area contributed by atoms with Crippen LogP contribution in [0, 0.1) is 0 Å². The Balaban J connectivity index is 1.08. The molecule has 1 fully saturated rings. The second-order valence-electron chi connectivity index (χ2n) is 15.7. The molecule has 0 amide bonds. The summed E-state index contributed by atoms with van der Waals surface area (Å²) in [7, 11) is 6.51. The van der Waals surface area contributed by atoms with Gasteiger partial charge in [-0.3, -0.25) is 14.3 Å². The van der Waals surface area contributed by atoms with Crippen LogP contribution in [0.15, 0.2) is 169 Å². The fourth-order valence-electron chi connectivity index (χ4n) is 8.78. The molecule has 65 heavy (non-hydrogen) atoms. The lowest BCUT2D eigenvalue weighted by molar-refractivity contribution is -0.0931. The number of fused-ring (bicyclic) bond motifs is 1. The number of rotatable bonds is 16. The number of hydrogen-bond donors (Lipinski definition) is 3. The number of H-pyrrole nitrogens is 1. The smallest absolute Gasteiger partial charge is 0.280 e. The standard InChI is InChI=1S/C52H49N5O8/c1-60-40-23-15-35(16-24-40)51(34-11-7-5-8-12-34,36-17-25-41(61-2)26-18-36)56-50-54-48-47(49(59)55-50)53-33-57(48)46-31-44(58)45(65-46)32-64-52(37-13-9-6-10-14-37,38-19-27-42(62-3)28-20-38)39-21-29-43(63-4)30-22-39/h5-30,33,44-46,58H,31-32H2,1-4H3,(H2,54,55,56,59)/t44-,45+,46+/m0/s1. The third-order valence-corrected chi connectivity index (χ3v) is 12.1. The summed E-state index contributed by atoms with van der Waals surface area (Å²) >= 11 is 0. The molecule has 0 saturated carbocycles. The highest BCUT2D eigenvalue weighted by atomic mass is 16.6. The summed E-state index contributed by atoms with van der Waals surface area (Å²) in [5.74, 6) is 2.97. The van der Waals surface area contributed by atoms with Gasteiger partial charge in [-0.25, -0.2) is 4.98 Å². The van der Waals surface area contributed by atoms with Gasteiger partial charge in [0.1, 0.15) is 46.5 Å². The quantitative estimate of drug-likeness (QED) is 0.0807. The Hall–Kier alpha value is -7.45. The van der Waals surface area contributed by atoms with E-state index in [1.165, 1.54) is 6.33 Å². The number of benzene rings is 6. The highest BCUT2D eigenvalue weighted by Gasteiger charge is 2.43. The van der Waals surface area contributed by atoms with Crippen LogP contribution >= 0.6 is 0 Å². The third kappa shape index (κ3) is 8.05. The van der Waals surface area contributed by atoms with E-state index in [9.17, 15) is 9.90 Å². The van der Waals surface area contributed by atoms with E-state index < -0.39 is 35.1 Å². The van der Waals surface area contributed by atoms with Gasteiger partial charge in [-0.05, 0) is 81.9 Å². The molecule has 6 aromatic carbocycles. The number of anilines is 1. The van der Waals surface area contributed by atoms with Crippen molar-refractivity contribution in [2.75, 3.05) is 40.4 Å². The van der Waals surface area contributed by atoms with Gasteiger partial charge in [0.15, 0.2) is 11.2 Å². The molecule has 0 spiro atoms. The number of nitrogens with zero attached hydrogens (tertiary/aromatic N) is 3. The first-order chi connectivity index (χ1) is 31.8. The Morgan fingerprint density at radius 2 is 1.08 bits per heavy atom. The molecule has 0 aliphatic carbocycles. The van der Waals surface area contributed by atoms with Gasteiger partial charge in [0.25, 0.3) is 5.56 Å². The van der Waals surface area contributed by atoms with E-state index >= 15 is 0 Å². The predicted octanol–water partition coefficient (Wildman–Crippen LogP) is 8.22. The number of aromatic amines is 1. The van der Waals surface area contributed by atoms with E-state index in [1.54, 1.807) is 33.0 Å². The van der Waals surface area contributed by atoms with Gasteiger partial charge in [0, 0.05) is 6.42 Å². The highest BCUT2D eigenvalue weighted by molar-refractivity contribution is 5.72. The summed E-state index contributed by atoms with van der Waals surface area (Å²) in [5.41, 5.74) is 2.90. The van der Waals surface area contributed by atoms with E-state index in [-0.39, 0.29) is 30.1 Å². The Morgan fingerprint density at radius 3 is 1.55 bits per heavy atom. The largest absolute Gasteiger partial charge is 0.497 e. The number of nitrogens with one attached hydrogen (secondary N) is 2. The number of ether oxygens (including phenoxy) is 6. The van der Waals surface area contributed by atoms with Crippen molar-refractivity contribution in [3.05, 3.63) is 208 Å². The molecule has 2 aromatic heterocycles. The monoisotopic (exact) mass is 871 g/mol. The van der Waals surface area contributed by atoms with E-state index in [2.05, 4.69) is 15.3 Å². The average Bonchev–Trinajstić information content (AvgIpc) is 3.97. The maximum absolute atomic E-state index is 13.9. The molecular weight excluding hydrogens is 823 g/mol. The minimum Gasteiger partial charge on any atom is -0.497 e. The zero-order chi connectivity index (χ0) is 45.0. The summed E-state index contributed by atoms with van der Waals surface area (Å²) < 4.78 is 37.5. The van der Waals surface area contributed by atoms with Crippen molar-refractivity contribution in [2.24, 2.45) is 0 Å². The van der Waals surface area contributed by atoms with E-state index in [0.29, 0.717) is 23.0 Å². The van der Waals surface area contributed by atoms with Gasteiger partial charge >= 0.3 is 0 Å². The Morgan fingerprint density at radius 1 is 0.646 bits per heavy atom. The van der Waals surface area contributed by atoms with E-state index in [4.69, 9.17) is 33.4 Å². The number of aliphatic hydroxyl groups excluding tert-OH is 1. The second kappa shape index (κ2) is 18.3. The van der Waals surface area contributed by atoms with Crippen molar-refractivity contribution in [2.45, 2.75) is 36.0 Å². The summed E-state index contributed by atoms with van der Waals surface area (Å²) in [6, 6.07) is 50.9. The highest BCUT2D eigenvalue weighted by Crippen LogP contribution is 2.44. The van der Waals surface area contributed by atoms with Gasteiger partial charge in [0.05, 0.1) is 47.5 Å². The third-order valence-electron chi connectivity index (χ3n) is 12.1. The van der Waals surface area contributed by atoms with Crippen molar-refractivity contribution in [1.82, 2.24) is 19.5 Å². The van der Waals surface area contributed by atoms with Crippen LogP contribution < -0.4 is 29.8 Å². The van der Waals surface area contributed by atoms with Crippen molar-refractivity contribution < 1.29 is 33.5 Å². The maximum Gasteiger partial charge on any atom is 0.280 e. The first-order valence-corrected chi connectivity index (χ1v) is 21.2. The SMILES string of the molecule is COc1ccc(C(Nc2nc3c(ncn3[C@H]3C[C@H](O)[C@@H](COC(c4ccccc4)(c4ccc(OC)cc4)c4ccc(OC)cc4)O3)c(=O)[nH]2)(c2ccccc2)c2ccc(OC)cc2)cc1.